The molecule has 2 rings (SSSR count). The Morgan fingerprint density at radius 1 is 1.46 bits per heavy atom. The molecule has 0 aromatic carbocycles. The lowest BCUT2D eigenvalue weighted by molar-refractivity contribution is 0.0992. The van der Waals surface area contributed by atoms with Crippen molar-refractivity contribution in [3.05, 3.63) is 15.5 Å². The standard InChI is InChI=1S/C8H7ClO2S2/c1-13(11)8-6-4(7(9)12-8)2-3-5(6)10/h2-3H2,1H3. The van der Waals surface area contributed by atoms with Gasteiger partial charge in [0, 0.05) is 18.2 Å². The molecular formula is C8H7ClO2S2. The van der Waals surface area contributed by atoms with E-state index >= 15 is 0 Å². The molecule has 0 amide bonds. The number of carbonyl (C=O) groups is 1. The van der Waals surface area contributed by atoms with Gasteiger partial charge in [-0.25, -0.2) is 0 Å². The number of fused-ring (bicyclic) bond motifs is 1. The van der Waals surface area contributed by atoms with Crippen LogP contribution in [0.25, 0.3) is 0 Å². The highest BCUT2D eigenvalue weighted by Gasteiger charge is 2.29. The van der Waals surface area contributed by atoms with Crippen LogP contribution >= 0.6 is 22.9 Å². The summed E-state index contributed by atoms with van der Waals surface area (Å²) in [5, 5.41) is 0. The van der Waals surface area contributed by atoms with Gasteiger partial charge in [-0.3, -0.25) is 9.00 Å². The second-order valence-corrected chi connectivity index (χ2v) is 6.09. The molecular weight excluding hydrogens is 228 g/mol. The Morgan fingerprint density at radius 3 is 2.77 bits per heavy atom. The lowest BCUT2D eigenvalue weighted by Crippen LogP contribution is -1.95. The van der Waals surface area contributed by atoms with Crippen molar-refractivity contribution in [3.8, 4) is 0 Å². The highest BCUT2D eigenvalue weighted by Crippen LogP contribution is 2.39. The highest BCUT2D eigenvalue weighted by atomic mass is 35.5. The van der Waals surface area contributed by atoms with Crippen LogP contribution in [0, 0.1) is 0 Å². The van der Waals surface area contributed by atoms with Gasteiger partial charge in [0.15, 0.2) is 5.78 Å². The van der Waals surface area contributed by atoms with E-state index in [0.29, 0.717) is 27.0 Å². The van der Waals surface area contributed by atoms with E-state index in [-0.39, 0.29) is 5.78 Å². The predicted octanol–water partition coefficient (Wildman–Crippen LogP) is 2.27. The normalized spacial score (nSPS) is 17.5. The molecule has 70 valence electrons. The van der Waals surface area contributed by atoms with Gasteiger partial charge in [-0.15, -0.1) is 11.3 Å². The lowest BCUT2D eigenvalue weighted by Gasteiger charge is -1.92. The number of hydrogen-bond donors (Lipinski definition) is 0. The Balaban J connectivity index is 2.67. The van der Waals surface area contributed by atoms with Crippen molar-refractivity contribution in [3.63, 3.8) is 0 Å². The van der Waals surface area contributed by atoms with Crippen LogP contribution in [0.5, 0.6) is 0 Å². The van der Waals surface area contributed by atoms with Crippen LogP contribution in [-0.4, -0.2) is 16.2 Å². The zero-order valence-electron chi connectivity index (χ0n) is 6.93. The van der Waals surface area contributed by atoms with E-state index in [4.69, 9.17) is 11.6 Å². The van der Waals surface area contributed by atoms with Crippen LogP contribution in [0.2, 0.25) is 4.34 Å². The largest absolute Gasteiger partial charge is 0.294 e. The topological polar surface area (TPSA) is 34.1 Å². The first-order valence-corrected chi connectivity index (χ1v) is 6.54. The molecule has 1 aromatic rings. The van der Waals surface area contributed by atoms with Crippen molar-refractivity contribution in [2.24, 2.45) is 0 Å². The third-order valence-electron chi connectivity index (χ3n) is 2.07. The van der Waals surface area contributed by atoms with Crippen molar-refractivity contribution in [2.75, 3.05) is 6.26 Å². The summed E-state index contributed by atoms with van der Waals surface area (Å²) in [5.41, 5.74) is 1.54. The van der Waals surface area contributed by atoms with Gasteiger partial charge in [-0.2, -0.15) is 0 Å². The molecule has 0 spiro atoms. The second kappa shape index (κ2) is 3.19. The Bertz CT molecular complexity index is 409. The van der Waals surface area contributed by atoms with Gasteiger partial charge in [0.25, 0.3) is 0 Å². The summed E-state index contributed by atoms with van der Waals surface area (Å²) in [6.07, 6.45) is 2.80. The Morgan fingerprint density at radius 2 is 2.15 bits per heavy atom. The summed E-state index contributed by atoms with van der Waals surface area (Å²) in [5.74, 6) is 0.0864. The average molecular weight is 235 g/mol. The van der Waals surface area contributed by atoms with Gasteiger partial charge in [0.2, 0.25) is 0 Å². The maximum atomic E-state index is 11.4. The Hall–Kier alpha value is -0.190. The number of Topliss-reactive ketones (excluding diaryl/α,β-unsaturated/α-hetero) is 1. The van der Waals surface area contributed by atoms with Crippen LogP contribution in [-0.2, 0) is 17.2 Å². The van der Waals surface area contributed by atoms with Gasteiger partial charge in [0.05, 0.1) is 15.1 Å². The monoisotopic (exact) mass is 234 g/mol. The number of hydrogen-bond acceptors (Lipinski definition) is 3. The molecule has 1 unspecified atom stereocenters. The molecule has 0 saturated heterocycles. The van der Waals surface area contributed by atoms with Gasteiger partial charge in [0.1, 0.15) is 4.21 Å². The summed E-state index contributed by atoms with van der Waals surface area (Å²) >= 11 is 7.20. The number of thiophene rings is 1. The number of carbonyl (C=O) groups excluding carboxylic acids is 1. The molecule has 0 aliphatic heterocycles. The van der Waals surface area contributed by atoms with Crippen molar-refractivity contribution in [1.29, 1.82) is 0 Å². The van der Waals surface area contributed by atoms with E-state index in [1.165, 1.54) is 11.3 Å². The molecule has 1 aliphatic rings. The quantitative estimate of drug-likeness (QED) is 0.747. The molecule has 2 nitrogen and oxygen atoms in total. The molecule has 1 aliphatic carbocycles. The second-order valence-electron chi connectivity index (χ2n) is 2.89. The minimum atomic E-state index is -1.10. The van der Waals surface area contributed by atoms with Crippen LogP contribution in [0.1, 0.15) is 22.3 Å². The summed E-state index contributed by atoms with van der Waals surface area (Å²) in [7, 11) is -1.10. The smallest absolute Gasteiger partial charge is 0.165 e. The Labute approximate surface area is 87.4 Å². The molecule has 1 heterocycles. The van der Waals surface area contributed by atoms with Gasteiger partial charge < -0.3 is 0 Å². The molecule has 0 N–H and O–H groups in total. The van der Waals surface area contributed by atoms with E-state index in [1.807, 2.05) is 0 Å². The minimum Gasteiger partial charge on any atom is -0.294 e. The first-order valence-electron chi connectivity index (χ1n) is 3.79. The van der Waals surface area contributed by atoms with E-state index in [1.54, 1.807) is 6.26 Å². The van der Waals surface area contributed by atoms with E-state index < -0.39 is 10.8 Å². The zero-order chi connectivity index (χ0) is 9.59. The van der Waals surface area contributed by atoms with Crippen LogP contribution in [0.4, 0.5) is 0 Å². The molecule has 0 bridgehead atoms. The van der Waals surface area contributed by atoms with Crippen molar-refractivity contribution in [1.82, 2.24) is 0 Å². The van der Waals surface area contributed by atoms with Gasteiger partial charge >= 0.3 is 0 Å². The first-order chi connectivity index (χ1) is 6.11. The summed E-state index contributed by atoms with van der Waals surface area (Å²) < 4.78 is 12.5. The average Bonchev–Trinajstić information content (AvgIpc) is 2.55. The van der Waals surface area contributed by atoms with Crippen LogP contribution in [0.3, 0.4) is 0 Å². The number of halogens is 1. The first kappa shape index (κ1) is 9.37. The van der Waals surface area contributed by atoms with Crippen molar-refractivity contribution >= 4 is 39.5 Å². The van der Waals surface area contributed by atoms with Crippen molar-refractivity contribution in [2.45, 2.75) is 17.1 Å². The van der Waals surface area contributed by atoms with E-state index in [0.717, 1.165) is 5.56 Å². The summed E-state index contributed by atoms with van der Waals surface area (Å²) in [6.45, 7) is 0. The van der Waals surface area contributed by atoms with E-state index in [9.17, 15) is 9.00 Å². The molecule has 5 heteroatoms. The number of ketones is 1. The molecule has 0 radical (unpaired) electrons. The summed E-state index contributed by atoms with van der Waals surface area (Å²) in [6, 6.07) is 0. The van der Waals surface area contributed by atoms with Gasteiger partial charge in [-0.1, -0.05) is 11.6 Å². The highest BCUT2D eigenvalue weighted by molar-refractivity contribution is 7.86. The fraction of sp³-hybridized carbons (Fsp3) is 0.375. The summed E-state index contributed by atoms with van der Waals surface area (Å²) in [4.78, 5) is 11.4. The van der Waals surface area contributed by atoms with Crippen molar-refractivity contribution < 1.29 is 9.00 Å². The third kappa shape index (κ3) is 1.37. The minimum absolute atomic E-state index is 0.0864. The maximum Gasteiger partial charge on any atom is 0.165 e. The molecule has 0 saturated carbocycles. The van der Waals surface area contributed by atoms with Gasteiger partial charge in [-0.05, 0) is 12.0 Å². The van der Waals surface area contributed by atoms with Crippen LogP contribution < -0.4 is 0 Å². The fourth-order valence-corrected chi connectivity index (χ4v) is 4.12. The molecule has 1 aromatic heterocycles. The Kier molecular flexibility index (Phi) is 2.30. The zero-order valence-corrected chi connectivity index (χ0v) is 9.31. The van der Waals surface area contributed by atoms with E-state index in [2.05, 4.69) is 0 Å². The fourth-order valence-electron chi connectivity index (χ4n) is 1.49. The molecule has 1 atom stereocenters. The molecule has 0 fully saturated rings. The maximum absolute atomic E-state index is 11.4. The SMILES string of the molecule is CS(=O)c1sc(Cl)c2c1C(=O)CC2. The third-order valence-corrected chi connectivity index (χ3v) is 5.02. The molecule has 13 heavy (non-hydrogen) atoms. The number of rotatable bonds is 1. The van der Waals surface area contributed by atoms with Crippen LogP contribution in [0.15, 0.2) is 4.21 Å². The predicted molar refractivity (Wildman–Crippen MR) is 54.3 cm³/mol. The lowest BCUT2D eigenvalue weighted by atomic mass is 10.2.